The van der Waals surface area contributed by atoms with E-state index in [1.54, 1.807) is 6.20 Å². The van der Waals surface area contributed by atoms with E-state index in [1.165, 1.54) is 0 Å². The summed E-state index contributed by atoms with van der Waals surface area (Å²) in [5.41, 5.74) is 6.53. The lowest BCUT2D eigenvalue weighted by atomic mass is 10.1. The molecule has 2 rings (SSSR count). The van der Waals surface area contributed by atoms with Crippen molar-refractivity contribution in [3.8, 4) is 0 Å². The van der Waals surface area contributed by atoms with Crippen LogP contribution in [0.2, 0.25) is 0 Å². The van der Waals surface area contributed by atoms with Gasteiger partial charge in [-0.25, -0.2) is 4.98 Å². The number of pyridine rings is 1. The Bertz CT molecular complexity index is 280. The van der Waals surface area contributed by atoms with E-state index < -0.39 is 0 Å². The van der Waals surface area contributed by atoms with E-state index in [2.05, 4.69) is 10.3 Å². The summed E-state index contributed by atoms with van der Waals surface area (Å²) in [7, 11) is 0. The first-order valence-electron chi connectivity index (χ1n) is 4.90. The first kappa shape index (κ1) is 9.27. The molecule has 4 nitrogen and oxygen atoms in total. The number of hydrogen-bond donors (Lipinski definition) is 2. The van der Waals surface area contributed by atoms with Gasteiger partial charge in [-0.2, -0.15) is 0 Å². The summed E-state index contributed by atoms with van der Waals surface area (Å²) < 4.78 is 5.28. The monoisotopic (exact) mass is 193 g/mol. The number of aromatic nitrogens is 1. The maximum atomic E-state index is 5.50. The van der Waals surface area contributed by atoms with Crippen molar-refractivity contribution in [1.29, 1.82) is 0 Å². The topological polar surface area (TPSA) is 60.2 Å². The number of hydrogen-bond acceptors (Lipinski definition) is 4. The summed E-state index contributed by atoms with van der Waals surface area (Å²) in [6.07, 6.45) is 3.89. The van der Waals surface area contributed by atoms with Crippen molar-refractivity contribution in [3.63, 3.8) is 0 Å². The molecule has 0 unspecified atom stereocenters. The standard InChI is InChI=1S/C10H15N3O/c11-10-2-1-9(7-12-10)13-8-3-5-14-6-4-8/h1-2,7-8,13H,3-6H2,(H2,11,12). The second-order valence-corrected chi connectivity index (χ2v) is 3.50. The Hall–Kier alpha value is -1.29. The highest BCUT2D eigenvalue weighted by atomic mass is 16.5. The van der Waals surface area contributed by atoms with Gasteiger partial charge in [-0.05, 0) is 25.0 Å². The van der Waals surface area contributed by atoms with Gasteiger partial charge in [-0.15, -0.1) is 0 Å². The lowest BCUT2D eigenvalue weighted by Crippen LogP contribution is -2.27. The fraction of sp³-hybridized carbons (Fsp3) is 0.500. The van der Waals surface area contributed by atoms with Crippen LogP contribution in [0.1, 0.15) is 12.8 Å². The van der Waals surface area contributed by atoms with Gasteiger partial charge in [0, 0.05) is 19.3 Å². The molecule has 0 radical (unpaired) electrons. The number of rotatable bonds is 2. The van der Waals surface area contributed by atoms with Gasteiger partial charge in [-0.1, -0.05) is 0 Å². The number of nitrogens with two attached hydrogens (primary N) is 1. The van der Waals surface area contributed by atoms with E-state index in [0.717, 1.165) is 31.7 Å². The van der Waals surface area contributed by atoms with Crippen molar-refractivity contribution < 1.29 is 4.74 Å². The Morgan fingerprint density at radius 2 is 2.14 bits per heavy atom. The average Bonchev–Trinajstić information content (AvgIpc) is 2.23. The highest BCUT2D eigenvalue weighted by molar-refractivity contribution is 5.45. The van der Waals surface area contributed by atoms with Crippen LogP contribution >= 0.6 is 0 Å². The maximum Gasteiger partial charge on any atom is 0.123 e. The van der Waals surface area contributed by atoms with Crippen LogP contribution in [0, 0.1) is 0 Å². The zero-order valence-electron chi connectivity index (χ0n) is 8.07. The number of ether oxygens (including phenoxy) is 1. The third-order valence-electron chi connectivity index (χ3n) is 2.38. The normalized spacial score (nSPS) is 18.0. The average molecular weight is 193 g/mol. The molecule has 0 aliphatic carbocycles. The lowest BCUT2D eigenvalue weighted by Gasteiger charge is -2.23. The summed E-state index contributed by atoms with van der Waals surface area (Å²) >= 11 is 0. The predicted octanol–water partition coefficient (Wildman–Crippen LogP) is 1.25. The molecule has 2 heterocycles. The highest BCUT2D eigenvalue weighted by Crippen LogP contribution is 2.14. The molecule has 0 saturated carbocycles. The van der Waals surface area contributed by atoms with Gasteiger partial charge in [0.25, 0.3) is 0 Å². The lowest BCUT2D eigenvalue weighted by molar-refractivity contribution is 0.0904. The van der Waals surface area contributed by atoms with Crippen molar-refractivity contribution in [2.45, 2.75) is 18.9 Å². The molecule has 1 aliphatic heterocycles. The van der Waals surface area contributed by atoms with E-state index in [4.69, 9.17) is 10.5 Å². The van der Waals surface area contributed by atoms with Crippen molar-refractivity contribution in [1.82, 2.24) is 4.98 Å². The molecule has 1 saturated heterocycles. The first-order valence-corrected chi connectivity index (χ1v) is 4.90. The van der Waals surface area contributed by atoms with Crippen molar-refractivity contribution >= 4 is 11.5 Å². The van der Waals surface area contributed by atoms with Crippen LogP contribution < -0.4 is 11.1 Å². The molecule has 1 fully saturated rings. The van der Waals surface area contributed by atoms with Gasteiger partial charge < -0.3 is 15.8 Å². The number of anilines is 2. The second kappa shape index (κ2) is 4.28. The fourth-order valence-electron chi connectivity index (χ4n) is 1.57. The van der Waals surface area contributed by atoms with Crippen molar-refractivity contribution in [3.05, 3.63) is 18.3 Å². The highest BCUT2D eigenvalue weighted by Gasteiger charge is 2.12. The Morgan fingerprint density at radius 3 is 2.79 bits per heavy atom. The quantitative estimate of drug-likeness (QED) is 0.742. The van der Waals surface area contributed by atoms with Gasteiger partial charge in [0.15, 0.2) is 0 Å². The molecule has 0 amide bonds. The Labute approximate surface area is 83.5 Å². The van der Waals surface area contributed by atoms with Crippen LogP contribution in [0.15, 0.2) is 18.3 Å². The molecule has 0 atom stereocenters. The zero-order valence-corrected chi connectivity index (χ0v) is 8.07. The predicted molar refractivity (Wildman–Crippen MR) is 56.1 cm³/mol. The maximum absolute atomic E-state index is 5.50. The molecular formula is C10H15N3O. The summed E-state index contributed by atoms with van der Waals surface area (Å²) in [6.45, 7) is 1.69. The van der Waals surface area contributed by atoms with Crippen LogP contribution in [0.5, 0.6) is 0 Å². The molecule has 14 heavy (non-hydrogen) atoms. The van der Waals surface area contributed by atoms with Crippen LogP contribution in [0.3, 0.4) is 0 Å². The minimum Gasteiger partial charge on any atom is -0.384 e. The van der Waals surface area contributed by atoms with Gasteiger partial charge in [0.2, 0.25) is 0 Å². The number of nitrogens with one attached hydrogen (secondary N) is 1. The van der Waals surface area contributed by atoms with Gasteiger partial charge in [0.1, 0.15) is 5.82 Å². The van der Waals surface area contributed by atoms with E-state index in [0.29, 0.717) is 11.9 Å². The molecule has 3 N–H and O–H groups in total. The zero-order chi connectivity index (χ0) is 9.80. The second-order valence-electron chi connectivity index (χ2n) is 3.50. The Balaban J connectivity index is 1.92. The molecule has 0 spiro atoms. The minimum atomic E-state index is 0.508. The third kappa shape index (κ3) is 2.35. The van der Waals surface area contributed by atoms with Gasteiger partial charge >= 0.3 is 0 Å². The molecule has 1 aromatic heterocycles. The molecular weight excluding hydrogens is 178 g/mol. The molecule has 76 valence electrons. The fourth-order valence-corrected chi connectivity index (χ4v) is 1.57. The summed E-state index contributed by atoms with van der Waals surface area (Å²) in [4.78, 5) is 4.03. The van der Waals surface area contributed by atoms with Crippen LogP contribution in [-0.4, -0.2) is 24.2 Å². The van der Waals surface area contributed by atoms with Crippen molar-refractivity contribution in [2.75, 3.05) is 24.3 Å². The van der Waals surface area contributed by atoms with Crippen LogP contribution in [0.25, 0.3) is 0 Å². The molecule has 4 heteroatoms. The SMILES string of the molecule is Nc1ccc(NC2CCOCC2)cn1. The molecule has 1 aromatic rings. The summed E-state index contributed by atoms with van der Waals surface area (Å²) in [5, 5.41) is 3.41. The number of nitrogens with zero attached hydrogens (tertiary/aromatic N) is 1. The molecule has 0 aromatic carbocycles. The number of nitrogen functional groups attached to an aromatic ring is 1. The van der Waals surface area contributed by atoms with E-state index in [1.807, 2.05) is 12.1 Å². The van der Waals surface area contributed by atoms with Crippen molar-refractivity contribution in [2.24, 2.45) is 0 Å². The van der Waals surface area contributed by atoms with Gasteiger partial charge in [0.05, 0.1) is 11.9 Å². The van der Waals surface area contributed by atoms with E-state index >= 15 is 0 Å². The van der Waals surface area contributed by atoms with Crippen LogP contribution in [0.4, 0.5) is 11.5 Å². The first-order chi connectivity index (χ1) is 6.84. The molecule has 1 aliphatic rings. The molecule has 0 bridgehead atoms. The summed E-state index contributed by atoms with van der Waals surface area (Å²) in [5.74, 6) is 0.558. The van der Waals surface area contributed by atoms with Gasteiger partial charge in [-0.3, -0.25) is 0 Å². The Morgan fingerprint density at radius 1 is 1.36 bits per heavy atom. The van der Waals surface area contributed by atoms with E-state index in [-0.39, 0.29) is 0 Å². The smallest absolute Gasteiger partial charge is 0.123 e. The summed E-state index contributed by atoms with van der Waals surface area (Å²) in [6, 6.07) is 4.27. The third-order valence-corrected chi connectivity index (χ3v) is 2.38. The Kier molecular flexibility index (Phi) is 2.84. The van der Waals surface area contributed by atoms with E-state index in [9.17, 15) is 0 Å². The largest absolute Gasteiger partial charge is 0.384 e. The minimum absolute atomic E-state index is 0.508. The van der Waals surface area contributed by atoms with Crippen LogP contribution in [-0.2, 0) is 4.74 Å².